The van der Waals surface area contributed by atoms with Crippen LogP contribution < -0.4 is 4.74 Å². The predicted octanol–water partition coefficient (Wildman–Crippen LogP) is 5.28. The Labute approximate surface area is 199 Å². The maximum atomic E-state index is 13.1. The van der Waals surface area contributed by atoms with E-state index in [1.165, 1.54) is 4.90 Å². The van der Waals surface area contributed by atoms with E-state index in [-0.39, 0.29) is 17.4 Å². The van der Waals surface area contributed by atoms with E-state index in [1.807, 2.05) is 52.0 Å². The van der Waals surface area contributed by atoms with Crippen molar-refractivity contribution in [3.05, 3.63) is 69.8 Å². The molecule has 1 aliphatic rings. The Balaban J connectivity index is 2.06. The van der Waals surface area contributed by atoms with Gasteiger partial charge in [-0.3, -0.25) is 9.59 Å². The molecule has 0 bridgehead atoms. The van der Waals surface area contributed by atoms with Crippen LogP contribution in [0.25, 0.3) is 5.76 Å². The number of aryl methyl sites for hydroxylation is 1. The summed E-state index contributed by atoms with van der Waals surface area (Å²) in [6.45, 7) is 8.86. The topological polar surface area (TPSA) is 76.1 Å². The lowest BCUT2D eigenvalue weighted by Crippen LogP contribution is -2.31. The zero-order valence-electron chi connectivity index (χ0n) is 19.4. The van der Waals surface area contributed by atoms with Crippen LogP contribution in [0.4, 0.5) is 0 Å². The van der Waals surface area contributed by atoms with Gasteiger partial charge in [-0.05, 0) is 57.9 Å². The third kappa shape index (κ3) is 5.57. The molecule has 33 heavy (non-hydrogen) atoms. The van der Waals surface area contributed by atoms with E-state index in [0.717, 1.165) is 11.1 Å². The van der Waals surface area contributed by atoms with E-state index >= 15 is 0 Å². The second kappa shape index (κ2) is 10.9. The number of likely N-dealkylation sites (tertiary alicyclic amines) is 1. The van der Waals surface area contributed by atoms with Gasteiger partial charge in [-0.2, -0.15) is 0 Å². The number of halogens is 1. The number of ether oxygens (including phenoxy) is 2. The van der Waals surface area contributed by atoms with Gasteiger partial charge in [-0.1, -0.05) is 41.4 Å². The molecule has 0 spiro atoms. The SMILES string of the molecule is CCOc1cc(/C(O)=C2/C(=O)C(=O)N(CCCOC(C)C)C2c2cccc(C)c2)ccc1Cl. The molecule has 2 aromatic carbocycles. The molecule has 3 rings (SSSR count). The molecule has 1 aliphatic heterocycles. The number of benzene rings is 2. The second-order valence-corrected chi connectivity index (χ2v) is 8.67. The van der Waals surface area contributed by atoms with E-state index in [4.69, 9.17) is 21.1 Å². The summed E-state index contributed by atoms with van der Waals surface area (Å²) >= 11 is 6.19. The van der Waals surface area contributed by atoms with E-state index in [9.17, 15) is 14.7 Å². The largest absolute Gasteiger partial charge is 0.507 e. The van der Waals surface area contributed by atoms with Crippen molar-refractivity contribution in [1.82, 2.24) is 4.90 Å². The average molecular weight is 472 g/mol. The van der Waals surface area contributed by atoms with Gasteiger partial charge in [0, 0.05) is 18.7 Å². The molecule has 1 heterocycles. The number of aliphatic hydroxyl groups is 1. The summed E-state index contributed by atoms with van der Waals surface area (Å²) in [7, 11) is 0. The fourth-order valence-electron chi connectivity index (χ4n) is 3.92. The van der Waals surface area contributed by atoms with Gasteiger partial charge in [0.2, 0.25) is 0 Å². The highest BCUT2D eigenvalue weighted by Crippen LogP contribution is 2.40. The monoisotopic (exact) mass is 471 g/mol. The number of nitrogens with zero attached hydrogens (tertiary/aromatic N) is 1. The van der Waals surface area contributed by atoms with Crippen LogP contribution in [0.1, 0.15) is 49.9 Å². The molecule has 6 nitrogen and oxygen atoms in total. The summed E-state index contributed by atoms with van der Waals surface area (Å²) in [5, 5.41) is 11.6. The lowest BCUT2D eigenvalue weighted by atomic mass is 9.94. The molecule has 1 unspecified atom stereocenters. The first-order chi connectivity index (χ1) is 15.7. The van der Waals surface area contributed by atoms with Crippen molar-refractivity contribution in [2.24, 2.45) is 0 Å². The highest BCUT2D eigenvalue weighted by Gasteiger charge is 2.45. The number of Topliss-reactive ketones (excluding diaryl/α,β-unsaturated/α-hetero) is 1. The minimum atomic E-state index is -0.711. The van der Waals surface area contributed by atoms with Crippen LogP contribution in [0.5, 0.6) is 5.75 Å². The number of carbonyl (C=O) groups is 2. The highest BCUT2D eigenvalue weighted by atomic mass is 35.5. The summed E-state index contributed by atoms with van der Waals surface area (Å²) in [6, 6.07) is 11.7. The van der Waals surface area contributed by atoms with E-state index in [2.05, 4.69) is 0 Å². The van der Waals surface area contributed by atoms with E-state index < -0.39 is 17.7 Å². The van der Waals surface area contributed by atoms with Crippen LogP contribution in [0, 0.1) is 6.92 Å². The molecule has 0 radical (unpaired) electrons. The van der Waals surface area contributed by atoms with Crippen molar-refractivity contribution >= 4 is 29.1 Å². The smallest absolute Gasteiger partial charge is 0.295 e. The van der Waals surface area contributed by atoms with Crippen LogP contribution in [0.15, 0.2) is 48.0 Å². The van der Waals surface area contributed by atoms with Gasteiger partial charge in [0.15, 0.2) is 0 Å². The number of rotatable bonds is 9. The minimum absolute atomic E-state index is 0.0557. The Morgan fingerprint density at radius 2 is 1.94 bits per heavy atom. The van der Waals surface area contributed by atoms with Gasteiger partial charge in [-0.15, -0.1) is 0 Å². The molecule has 0 aromatic heterocycles. The van der Waals surface area contributed by atoms with Crippen LogP contribution in [0.3, 0.4) is 0 Å². The van der Waals surface area contributed by atoms with Crippen molar-refractivity contribution < 1.29 is 24.2 Å². The Hall–Kier alpha value is -2.83. The Kier molecular flexibility index (Phi) is 8.16. The number of hydrogen-bond acceptors (Lipinski definition) is 5. The van der Waals surface area contributed by atoms with E-state index in [1.54, 1.807) is 18.2 Å². The minimum Gasteiger partial charge on any atom is -0.507 e. The number of hydrogen-bond donors (Lipinski definition) is 1. The fraction of sp³-hybridized carbons (Fsp3) is 0.385. The molecule has 0 aliphatic carbocycles. The Morgan fingerprint density at radius 1 is 1.18 bits per heavy atom. The molecule has 1 N–H and O–H groups in total. The quantitative estimate of drug-likeness (QED) is 0.233. The molecular weight excluding hydrogens is 442 g/mol. The standard InChI is InChI=1S/C26H30ClNO5/c1-5-32-21-15-19(10-11-20(21)27)24(29)22-23(18-9-6-8-17(4)14-18)28(26(31)25(22)30)12-7-13-33-16(2)3/h6,8-11,14-16,23,29H,5,7,12-13H2,1-4H3/b24-22-. The van der Waals surface area contributed by atoms with Crippen LogP contribution >= 0.6 is 11.6 Å². The molecule has 1 saturated heterocycles. The number of ketones is 1. The van der Waals surface area contributed by atoms with E-state index in [0.29, 0.717) is 42.5 Å². The van der Waals surface area contributed by atoms with Crippen molar-refractivity contribution in [3.8, 4) is 5.75 Å². The van der Waals surface area contributed by atoms with Gasteiger partial charge in [0.1, 0.15) is 11.5 Å². The van der Waals surface area contributed by atoms with Gasteiger partial charge in [-0.25, -0.2) is 0 Å². The van der Waals surface area contributed by atoms with Crippen molar-refractivity contribution in [1.29, 1.82) is 0 Å². The third-order valence-corrected chi connectivity index (χ3v) is 5.71. The molecule has 1 atom stereocenters. The first kappa shape index (κ1) is 24.8. The van der Waals surface area contributed by atoms with Gasteiger partial charge in [0.25, 0.3) is 11.7 Å². The molecule has 1 amide bonds. The molecule has 1 fully saturated rings. The third-order valence-electron chi connectivity index (χ3n) is 5.40. The molecule has 0 saturated carbocycles. The number of aliphatic hydroxyl groups excluding tert-OH is 1. The summed E-state index contributed by atoms with van der Waals surface area (Å²) < 4.78 is 11.1. The Morgan fingerprint density at radius 3 is 2.61 bits per heavy atom. The lowest BCUT2D eigenvalue weighted by Gasteiger charge is -2.26. The maximum absolute atomic E-state index is 13.1. The second-order valence-electron chi connectivity index (χ2n) is 8.26. The van der Waals surface area contributed by atoms with Gasteiger partial charge in [0.05, 0.1) is 29.3 Å². The van der Waals surface area contributed by atoms with Crippen molar-refractivity contribution in [3.63, 3.8) is 0 Å². The highest BCUT2D eigenvalue weighted by molar-refractivity contribution is 6.46. The summed E-state index contributed by atoms with van der Waals surface area (Å²) in [6.07, 6.45) is 0.653. The summed E-state index contributed by atoms with van der Waals surface area (Å²) in [4.78, 5) is 27.7. The predicted molar refractivity (Wildman–Crippen MR) is 129 cm³/mol. The molecule has 176 valence electrons. The van der Waals surface area contributed by atoms with Crippen LogP contribution in [-0.4, -0.2) is 47.6 Å². The average Bonchev–Trinajstić information content (AvgIpc) is 3.02. The zero-order valence-corrected chi connectivity index (χ0v) is 20.2. The summed E-state index contributed by atoms with van der Waals surface area (Å²) in [5.74, 6) is -1.20. The number of amides is 1. The van der Waals surface area contributed by atoms with Crippen LogP contribution in [-0.2, 0) is 14.3 Å². The van der Waals surface area contributed by atoms with Gasteiger partial charge >= 0.3 is 0 Å². The Bertz CT molecular complexity index is 1060. The normalized spacial score (nSPS) is 17.8. The maximum Gasteiger partial charge on any atom is 0.295 e. The zero-order chi connectivity index (χ0) is 24.1. The van der Waals surface area contributed by atoms with Crippen molar-refractivity contribution in [2.45, 2.75) is 46.3 Å². The first-order valence-corrected chi connectivity index (χ1v) is 11.5. The van der Waals surface area contributed by atoms with Crippen LogP contribution in [0.2, 0.25) is 5.02 Å². The lowest BCUT2D eigenvalue weighted by molar-refractivity contribution is -0.140. The van der Waals surface area contributed by atoms with Gasteiger partial charge < -0.3 is 19.5 Å². The summed E-state index contributed by atoms with van der Waals surface area (Å²) in [5.41, 5.74) is 2.17. The molecule has 2 aromatic rings. The molecular formula is C26H30ClNO5. The molecule has 7 heteroatoms. The first-order valence-electron chi connectivity index (χ1n) is 11.1. The fourth-order valence-corrected chi connectivity index (χ4v) is 4.10. The number of carbonyl (C=O) groups excluding carboxylic acids is 2. The van der Waals surface area contributed by atoms with Crippen molar-refractivity contribution in [2.75, 3.05) is 19.8 Å².